The summed E-state index contributed by atoms with van der Waals surface area (Å²) in [5.41, 5.74) is 3.20. The number of halogens is 5. The Kier molecular flexibility index (Phi) is 5.28. The van der Waals surface area contributed by atoms with Gasteiger partial charge in [0, 0.05) is 17.9 Å². The number of rotatable bonds is 7. The molecule has 0 spiro atoms. The molecular weight excluding hydrogens is 425 g/mol. The normalized spacial score (nSPS) is 24.4. The lowest BCUT2D eigenvalue weighted by Gasteiger charge is -2.33. The maximum Gasteiger partial charge on any atom is 0.387 e. The van der Waals surface area contributed by atoms with Crippen molar-refractivity contribution in [3.05, 3.63) is 59.2 Å². The molecule has 4 rings (SSSR count). The minimum absolute atomic E-state index is 0.0494. The lowest BCUT2D eigenvalue weighted by Crippen LogP contribution is -2.43. The van der Waals surface area contributed by atoms with Crippen LogP contribution in [0.2, 0.25) is 0 Å². The van der Waals surface area contributed by atoms with E-state index in [1.54, 1.807) is 0 Å². The number of aromatic nitrogens is 1. The summed E-state index contributed by atoms with van der Waals surface area (Å²) < 4.78 is 76.7. The molecule has 0 radical (unpaired) electrons. The van der Waals surface area contributed by atoms with E-state index < -0.39 is 48.2 Å². The van der Waals surface area contributed by atoms with Crippen LogP contribution in [-0.4, -0.2) is 35.9 Å². The Morgan fingerprint density at radius 3 is 2.68 bits per heavy atom. The predicted molar refractivity (Wildman–Crippen MR) is 97.6 cm³/mol. The molecule has 1 aliphatic carbocycles. The number of pyridine rings is 1. The van der Waals surface area contributed by atoms with Gasteiger partial charge in [0.25, 0.3) is 12.4 Å². The van der Waals surface area contributed by atoms with Gasteiger partial charge in [-0.25, -0.2) is 23.1 Å². The first-order valence-corrected chi connectivity index (χ1v) is 9.24. The second-order valence-electron chi connectivity index (χ2n) is 7.25. The molecule has 2 aromatic rings. The number of Topliss-reactive ketones (excluding diaryl/α,β-unsaturated/α-hetero) is 1. The third-order valence-electron chi connectivity index (χ3n) is 5.27. The van der Waals surface area contributed by atoms with Gasteiger partial charge in [0.2, 0.25) is 0 Å². The molecule has 0 unspecified atom stereocenters. The van der Waals surface area contributed by atoms with Gasteiger partial charge in [-0.1, -0.05) is 6.07 Å². The van der Waals surface area contributed by atoms with Gasteiger partial charge in [-0.05, 0) is 36.2 Å². The summed E-state index contributed by atoms with van der Waals surface area (Å²) in [5.74, 6) is -2.37. The lowest BCUT2D eigenvalue weighted by atomic mass is 9.83. The van der Waals surface area contributed by atoms with Crippen LogP contribution in [0, 0.1) is 11.7 Å². The van der Waals surface area contributed by atoms with Crippen LogP contribution >= 0.6 is 0 Å². The Morgan fingerprint density at radius 1 is 1.26 bits per heavy atom. The molecule has 3 atom stereocenters. The van der Waals surface area contributed by atoms with Crippen molar-refractivity contribution in [2.45, 2.75) is 37.5 Å². The summed E-state index contributed by atoms with van der Waals surface area (Å²) in [7, 11) is 0. The maximum absolute atomic E-state index is 14.6. The van der Waals surface area contributed by atoms with E-state index in [1.807, 2.05) is 0 Å². The summed E-state index contributed by atoms with van der Waals surface area (Å²) in [6.07, 6.45) is -2.66. The number of nitrogens with two attached hydrogens (primary N) is 1. The Labute approximate surface area is 172 Å². The van der Waals surface area contributed by atoms with E-state index in [4.69, 9.17) is 10.5 Å². The molecule has 1 fully saturated rings. The number of amidine groups is 1. The summed E-state index contributed by atoms with van der Waals surface area (Å²) >= 11 is 0. The Hall–Kier alpha value is -3.24. The first-order chi connectivity index (χ1) is 14.7. The molecule has 1 saturated carbocycles. The van der Waals surface area contributed by atoms with Gasteiger partial charge in [0.1, 0.15) is 23.4 Å². The average Bonchev–Trinajstić information content (AvgIpc) is 3.48. The van der Waals surface area contributed by atoms with E-state index in [0.717, 1.165) is 18.3 Å². The van der Waals surface area contributed by atoms with E-state index in [0.29, 0.717) is 0 Å². The van der Waals surface area contributed by atoms with Crippen molar-refractivity contribution < 1.29 is 36.2 Å². The number of alkyl halides is 4. The number of benzene rings is 1. The van der Waals surface area contributed by atoms with E-state index in [-0.39, 0.29) is 35.4 Å². The summed E-state index contributed by atoms with van der Waals surface area (Å²) in [6.45, 7) is -3.03. The molecule has 0 amide bonds. The highest BCUT2D eigenvalue weighted by molar-refractivity contribution is 5.95. The predicted octanol–water partition coefficient (Wildman–Crippen LogP) is 3.44. The van der Waals surface area contributed by atoms with Crippen molar-refractivity contribution in [2.75, 3.05) is 0 Å². The van der Waals surface area contributed by atoms with Crippen molar-refractivity contribution in [2.24, 2.45) is 16.6 Å². The number of ketones is 1. The zero-order valence-corrected chi connectivity index (χ0v) is 15.8. The van der Waals surface area contributed by atoms with Gasteiger partial charge in [-0.15, -0.1) is 0 Å². The molecule has 2 N–H and O–H groups in total. The molecule has 0 bridgehead atoms. The van der Waals surface area contributed by atoms with Crippen molar-refractivity contribution in [3.8, 4) is 5.75 Å². The van der Waals surface area contributed by atoms with Gasteiger partial charge < -0.3 is 15.2 Å². The molecule has 1 aromatic heterocycles. The van der Waals surface area contributed by atoms with Gasteiger partial charge in [-0.3, -0.25) is 4.79 Å². The van der Waals surface area contributed by atoms with E-state index in [9.17, 15) is 26.7 Å². The van der Waals surface area contributed by atoms with Gasteiger partial charge in [0.15, 0.2) is 11.3 Å². The van der Waals surface area contributed by atoms with Crippen LogP contribution in [0.5, 0.6) is 5.75 Å². The number of ether oxygens (including phenoxy) is 2. The molecule has 0 saturated heterocycles. The van der Waals surface area contributed by atoms with Gasteiger partial charge in [0.05, 0.1) is 6.20 Å². The number of hydrogen-bond donors (Lipinski definition) is 1. The zero-order chi connectivity index (χ0) is 22.3. The Bertz CT molecular complexity index is 1030. The fraction of sp³-hybridized carbons (Fsp3) is 0.350. The van der Waals surface area contributed by atoms with Crippen LogP contribution < -0.4 is 10.5 Å². The number of carbonyl (C=O) groups is 1. The number of hydrogen-bond acceptors (Lipinski definition) is 6. The van der Waals surface area contributed by atoms with Crippen molar-refractivity contribution in [1.82, 2.24) is 4.98 Å². The molecular formula is C20H16F5N3O3. The minimum Gasteiger partial charge on any atom is -0.462 e. The molecule has 6 nitrogen and oxygen atoms in total. The molecule has 11 heteroatoms. The highest BCUT2D eigenvalue weighted by Crippen LogP contribution is 2.56. The van der Waals surface area contributed by atoms with E-state index in [2.05, 4.69) is 14.7 Å². The van der Waals surface area contributed by atoms with Crippen LogP contribution in [0.15, 0.2) is 41.5 Å². The van der Waals surface area contributed by atoms with E-state index >= 15 is 0 Å². The van der Waals surface area contributed by atoms with Crippen LogP contribution in [0.4, 0.5) is 22.0 Å². The standard InChI is InChI=1S/C20H16F5N3O3/c21-13-3-1-9(6-15(29)14-4-2-10(8-27-14)30-18(24)25)5-11(13)20(17(22)23)12-7-16(12)31-19(26)28-20/h1-5,8,12,16-18H,6-7H2,(H2,26,28)/t12-,16+,20+/m0/s1. The molecule has 164 valence electrons. The third kappa shape index (κ3) is 3.91. The van der Waals surface area contributed by atoms with Crippen LogP contribution in [-0.2, 0) is 16.7 Å². The van der Waals surface area contributed by atoms with Gasteiger partial charge >= 0.3 is 6.61 Å². The highest BCUT2D eigenvalue weighted by Gasteiger charge is 2.64. The lowest BCUT2D eigenvalue weighted by molar-refractivity contribution is -0.0500. The quantitative estimate of drug-likeness (QED) is 0.526. The number of nitrogens with zero attached hydrogens (tertiary/aromatic N) is 2. The molecule has 2 aliphatic rings. The number of carbonyl (C=O) groups excluding carboxylic acids is 1. The smallest absolute Gasteiger partial charge is 0.387 e. The first kappa shape index (κ1) is 21.0. The minimum atomic E-state index is -3.05. The molecule has 1 aromatic carbocycles. The second-order valence-corrected chi connectivity index (χ2v) is 7.25. The van der Waals surface area contributed by atoms with E-state index in [1.165, 1.54) is 18.2 Å². The van der Waals surface area contributed by atoms with Crippen LogP contribution in [0.25, 0.3) is 0 Å². The maximum atomic E-state index is 14.6. The summed E-state index contributed by atoms with van der Waals surface area (Å²) in [4.78, 5) is 20.1. The van der Waals surface area contributed by atoms with Crippen molar-refractivity contribution >= 4 is 11.8 Å². The largest absolute Gasteiger partial charge is 0.462 e. The fourth-order valence-corrected chi connectivity index (χ4v) is 3.78. The highest BCUT2D eigenvalue weighted by atomic mass is 19.3. The Morgan fingerprint density at radius 2 is 2.03 bits per heavy atom. The van der Waals surface area contributed by atoms with Crippen LogP contribution in [0.3, 0.4) is 0 Å². The molecule has 1 aliphatic heterocycles. The SMILES string of the molecule is NC1=N[C@@](c2cc(CC(=O)c3ccc(OC(F)F)cn3)ccc2F)(C(F)F)[C@H]2C[C@H]2O1. The average molecular weight is 441 g/mol. The second kappa shape index (κ2) is 7.78. The Balaban J connectivity index is 1.61. The van der Waals surface area contributed by atoms with Crippen molar-refractivity contribution in [1.29, 1.82) is 0 Å². The number of fused-ring (bicyclic) bond motifs is 1. The van der Waals surface area contributed by atoms with Crippen LogP contribution in [0.1, 0.15) is 28.0 Å². The molecule has 31 heavy (non-hydrogen) atoms. The third-order valence-corrected chi connectivity index (χ3v) is 5.27. The summed E-state index contributed by atoms with van der Waals surface area (Å²) in [6, 6.07) is 5.37. The summed E-state index contributed by atoms with van der Waals surface area (Å²) in [5, 5.41) is 0. The first-order valence-electron chi connectivity index (χ1n) is 9.24. The molecule has 2 heterocycles. The zero-order valence-electron chi connectivity index (χ0n) is 15.8. The topological polar surface area (TPSA) is 86.8 Å². The van der Waals surface area contributed by atoms with Gasteiger partial charge in [-0.2, -0.15) is 8.78 Å². The number of aliphatic imine (C=N–C) groups is 1. The monoisotopic (exact) mass is 441 g/mol. The fourth-order valence-electron chi connectivity index (χ4n) is 3.78. The van der Waals surface area contributed by atoms with Crippen molar-refractivity contribution in [3.63, 3.8) is 0 Å².